The molecule has 32 heavy (non-hydrogen) atoms. The number of ether oxygens (including phenoxy) is 2. The van der Waals surface area contributed by atoms with E-state index in [9.17, 15) is 10.2 Å². The zero-order valence-electron chi connectivity index (χ0n) is 18.8. The lowest BCUT2D eigenvalue weighted by molar-refractivity contribution is -0.232. The van der Waals surface area contributed by atoms with Crippen molar-refractivity contribution in [2.45, 2.75) is 61.8 Å². The van der Waals surface area contributed by atoms with E-state index in [1.54, 1.807) is 0 Å². The van der Waals surface area contributed by atoms with Crippen LogP contribution in [0.4, 0.5) is 0 Å². The van der Waals surface area contributed by atoms with Crippen LogP contribution in [-0.2, 0) is 22.5 Å². The summed E-state index contributed by atoms with van der Waals surface area (Å²) in [6.07, 6.45) is -1.38. The second kappa shape index (κ2) is 9.93. The van der Waals surface area contributed by atoms with Gasteiger partial charge in [0, 0.05) is 14.1 Å². The van der Waals surface area contributed by atoms with Crippen molar-refractivity contribution in [3.63, 3.8) is 0 Å². The van der Waals surface area contributed by atoms with Crippen molar-refractivity contribution in [1.82, 2.24) is 4.90 Å². The normalized spacial score (nSPS) is 29.2. The van der Waals surface area contributed by atoms with E-state index in [1.165, 1.54) is 17.3 Å². The number of aliphatic imine (C=N–C) groups is 1. The first kappa shape index (κ1) is 23.3. The standard InChI is InChI=1S/C25H32N2O4S/c1-25(15-14-17-10-6-4-7-11-17,30-16-18-12-8-5-9-13-18)22-21(29)20(28)19-23(31-22)32-24(26-19)27(2)3/h4-13,19-23,28-29H,14-16H2,1-3H3/t19-,20-,21+,22+,23-,25-/m1/s1. The van der Waals surface area contributed by atoms with E-state index in [1.807, 2.05) is 74.4 Å². The maximum absolute atomic E-state index is 11.1. The van der Waals surface area contributed by atoms with Gasteiger partial charge in [0.2, 0.25) is 0 Å². The predicted octanol–water partition coefficient (Wildman–Crippen LogP) is 3.07. The Morgan fingerprint density at radius 2 is 1.62 bits per heavy atom. The highest BCUT2D eigenvalue weighted by Crippen LogP contribution is 2.41. The average Bonchev–Trinajstić information content (AvgIpc) is 3.25. The Morgan fingerprint density at radius 1 is 1.00 bits per heavy atom. The van der Waals surface area contributed by atoms with Gasteiger partial charge in [0.1, 0.15) is 29.8 Å². The van der Waals surface area contributed by atoms with Gasteiger partial charge in [-0.3, -0.25) is 4.99 Å². The van der Waals surface area contributed by atoms with E-state index in [0.29, 0.717) is 13.0 Å². The lowest BCUT2D eigenvalue weighted by atomic mass is 9.83. The van der Waals surface area contributed by atoms with Gasteiger partial charge in [0.15, 0.2) is 5.17 Å². The summed E-state index contributed by atoms with van der Waals surface area (Å²) in [5.74, 6) is 0. The van der Waals surface area contributed by atoms with Crippen LogP contribution in [0.25, 0.3) is 0 Å². The van der Waals surface area contributed by atoms with E-state index in [0.717, 1.165) is 17.2 Å². The number of benzene rings is 2. The van der Waals surface area contributed by atoms with Gasteiger partial charge >= 0.3 is 0 Å². The molecule has 1 fully saturated rings. The molecule has 2 aromatic carbocycles. The third kappa shape index (κ3) is 5.02. The topological polar surface area (TPSA) is 74.5 Å². The molecular weight excluding hydrogens is 424 g/mol. The van der Waals surface area contributed by atoms with Crippen LogP contribution < -0.4 is 0 Å². The summed E-state index contributed by atoms with van der Waals surface area (Å²) >= 11 is 1.48. The van der Waals surface area contributed by atoms with Gasteiger partial charge in [-0.25, -0.2) is 0 Å². The van der Waals surface area contributed by atoms with E-state index in [-0.39, 0.29) is 5.44 Å². The van der Waals surface area contributed by atoms with E-state index < -0.39 is 30.0 Å². The first-order valence-electron chi connectivity index (χ1n) is 11.0. The molecule has 2 heterocycles. The van der Waals surface area contributed by atoms with Gasteiger partial charge in [-0.2, -0.15) is 0 Å². The Balaban J connectivity index is 1.55. The number of aliphatic hydroxyl groups excluding tert-OH is 2. The molecule has 2 aliphatic heterocycles. The minimum Gasteiger partial charge on any atom is -0.388 e. The van der Waals surface area contributed by atoms with Crippen LogP contribution in [0.2, 0.25) is 0 Å². The molecule has 0 radical (unpaired) electrons. The van der Waals surface area contributed by atoms with E-state index >= 15 is 0 Å². The molecule has 0 unspecified atom stereocenters. The van der Waals surface area contributed by atoms with Crippen molar-refractivity contribution in [2.24, 2.45) is 4.99 Å². The molecule has 2 aliphatic rings. The van der Waals surface area contributed by atoms with E-state index in [4.69, 9.17) is 9.47 Å². The van der Waals surface area contributed by atoms with Gasteiger partial charge in [-0.15, -0.1) is 0 Å². The molecule has 172 valence electrons. The Morgan fingerprint density at radius 3 is 2.25 bits per heavy atom. The smallest absolute Gasteiger partial charge is 0.161 e. The molecule has 0 bridgehead atoms. The van der Waals surface area contributed by atoms with E-state index in [2.05, 4.69) is 17.1 Å². The molecule has 1 saturated heterocycles. The molecule has 4 rings (SSSR count). The molecule has 0 saturated carbocycles. The van der Waals surface area contributed by atoms with Crippen molar-refractivity contribution >= 4 is 16.9 Å². The molecule has 2 aromatic rings. The van der Waals surface area contributed by atoms with Crippen LogP contribution in [0.1, 0.15) is 24.5 Å². The summed E-state index contributed by atoms with van der Waals surface area (Å²) < 4.78 is 12.9. The fourth-order valence-electron chi connectivity index (χ4n) is 4.23. The van der Waals surface area contributed by atoms with Gasteiger partial charge < -0.3 is 24.6 Å². The van der Waals surface area contributed by atoms with Crippen LogP contribution in [0.15, 0.2) is 65.7 Å². The lowest BCUT2D eigenvalue weighted by Gasteiger charge is -2.46. The van der Waals surface area contributed by atoms with Crippen LogP contribution in [0, 0.1) is 0 Å². The highest BCUT2D eigenvalue weighted by Gasteiger charge is 2.54. The predicted molar refractivity (Wildman–Crippen MR) is 128 cm³/mol. The summed E-state index contributed by atoms with van der Waals surface area (Å²) in [6, 6.07) is 19.7. The molecule has 0 spiro atoms. The highest BCUT2D eigenvalue weighted by molar-refractivity contribution is 8.14. The second-order valence-corrected chi connectivity index (χ2v) is 9.96. The first-order valence-corrected chi connectivity index (χ1v) is 11.9. The molecule has 0 aromatic heterocycles. The fraction of sp³-hybridized carbons (Fsp3) is 0.480. The lowest BCUT2D eigenvalue weighted by Crippen LogP contribution is -2.62. The Hall–Kier alpha value is -1.90. The van der Waals surface area contributed by atoms with Crippen molar-refractivity contribution in [1.29, 1.82) is 0 Å². The van der Waals surface area contributed by atoms with Crippen LogP contribution >= 0.6 is 11.8 Å². The number of amidine groups is 1. The van der Waals surface area contributed by atoms with Gasteiger partial charge in [-0.1, -0.05) is 72.4 Å². The summed E-state index contributed by atoms with van der Waals surface area (Å²) in [4.78, 5) is 6.48. The van der Waals surface area contributed by atoms with Gasteiger partial charge in [0.25, 0.3) is 0 Å². The SMILES string of the molecule is CN(C)C1=N[C@@H]2[C@@H](O)[C@H](O)[C@@H]([C@@](C)(CCc3ccccc3)OCc3ccccc3)O[C@@H]2S1. The molecule has 0 aliphatic carbocycles. The summed E-state index contributed by atoms with van der Waals surface area (Å²) in [5.41, 5.74) is 1.08. The summed E-state index contributed by atoms with van der Waals surface area (Å²) in [5, 5.41) is 22.8. The molecular formula is C25H32N2O4S. The zero-order chi connectivity index (χ0) is 22.7. The summed E-state index contributed by atoms with van der Waals surface area (Å²) in [6.45, 7) is 2.38. The van der Waals surface area contributed by atoms with Crippen molar-refractivity contribution in [2.75, 3.05) is 14.1 Å². The maximum Gasteiger partial charge on any atom is 0.161 e. The van der Waals surface area contributed by atoms with Crippen LogP contribution in [0.3, 0.4) is 0 Å². The Bertz CT molecular complexity index is 865. The number of aliphatic hydroxyl groups is 2. The van der Waals surface area contributed by atoms with Crippen molar-refractivity contribution in [3.8, 4) is 0 Å². The highest BCUT2D eigenvalue weighted by atomic mass is 32.2. The minimum absolute atomic E-state index is 0.354. The van der Waals surface area contributed by atoms with Crippen LogP contribution in [-0.4, -0.2) is 69.8 Å². The number of nitrogens with zero attached hydrogens (tertiary/aromatic N) is 2. The Labute approximate surface area is 194 Å². The van der Waals surface area contributed by atoms with Gasteiger partial charge in [0.05, 0.1) is 12.2 Å². The minimum atomic E-state index is -1.10. The third-order valence-electron chi connectivity index (χ3n) is 6.20. The van der Waals surface area contributed by atoms with Crippen LogP contribution in [0.5, 0.6) is 0 Å². The summed E-state index contributed by atoms with van der Waals surface area (Å²) in [7, 11) is 3.83. The monoisotopic (exact) mass is 456 g/mol. The molecule has 6 nitrogen and oxygen atoms in total. The zero-order valence-corrected chi connectivity index (χ0v) is 19.6. The maximum atomic E-state index is 11.1. The average molecular weight is 457 g/mol. The third-order valence-corrected chi connectivity index (χ3v) is 7.50. The van der Waals surface area contributed by atoms with Crippen molar-refractivity contribution in [3.05, 3.63) is 71.8 Å². The number of hydrogen-bond acceptors (Lipinski definition) is 7. The largest absolute Gasteiger partial charge is 0.388 e. The molecule has 6 atom stereocenters. The fourth-order valence-corrected chi connectivity index (χ4v) is 5.36. The number of hydrogen-bond donors (Lipinski definition) is 2. The second-order valence-electron chi connectivity index (χ2n) is 8.89. The number of aryl methyl sites for hydroxylation is 1. The molecule has 7 heteroatoms. The number of thioether (sulfide) groups is 1. The van der Waals surface area contributed by atoms with Gasteiger partial charge in [-0.05, 0) is 30.9 Å². The Kier molecular flexibility index (Phi) is 7.22. The quantitative estimate of drug-likeness (QED) is 0.667. The number of fused-ring (bicyclic) bond motifs is 1. The first-order chi connectivity index (χ1) is 15.4. The molecule has 0 amide bonds. The number of rotatable bonds is 7. The molecule has 2 N–H and O–H groups in total. The van der Waals surface area contributed by atoms with Crippen molar-refractivity contribution < 1.29 is 19.7 Å².